The van der Waals surface area contributed by atoms with Crippen molar-refractivity contribution in [3.05, 3.63) is 59.3 Å². The molecule has 0 aromatic carbocycles. The van der Waals surface area contributed by atoms with Crippen LogP contribution in [0, 0.1) is 17.1 Å². The molecule has 256 valence electrons. The van der Waals surface area contributed by atoms with E-state index < -0.39 is 25.8 Å². The van der Waals surface area contributed by atoms with Crippen molar-refractivity contribution >= 4 is 19.1 Å². The van der Waals surface area contributed by atoms with Gasteiger partial charge in [-0.1, -0.05) is 19.6 Å². The summed E-state index contributed by atoms with van der Waals surface area (Å²) in [6, 6.07) is 4.23. The van der Waals surface area contributed by atoms with Gasteiger partial charge in [0.2, 0.25) is 11.8 Å². The molecule has 0 amide bonds. The lowest BCUT2D eigenvalue weighted by Gasteiger charge is -2.16. The Morgan fingerprint density at radius 1 is 1.06 bits per heavy atom. The Morgan fingerprint density at radius 2 is 1.84 bits per heavy atom. The maximum atomic E-state index is 15.3. The van der Waals surface area contributed by atoms with Crippen LogP contribution in [0.1, 0.15) is 41.3 Å². The molecule has 0 aliphatic heterocycles. The van der Waals surface area contributed by atoms with Gasteiger partial charge in [-0.25, -0.2) is 29.3 Å². The summed E-state index contributed by atoms with van der Waals surface area (Å²) in [6.45, 7) is 7.17. The Morgan fingerprint density at radius 3 is 2.47 bits per heavy atom. The molecule has 5 aromatic heterocycles. The molecule has 49 heavy (non-hydrogen) atoms. The smallest absolute Gasteiger partial charge is 0.434 e. The van der Waals surface area contributed by atoms with Crippen LogP contribution in [0.2, 0.25) is 25.7 Å². The predicted molar refractivity (Wildman–Crippen MR) is 172 cm³/mol. The monoisotopic (exact) mass is 695 g/mol. The molecule has 0 spiro atoms. The van der Waals surface area contributed by atoms with Gasteiger partial charge in [-0.2, -0.15) is 23.4 Å². The van der Waals surface area contributed by atoms with Crippen molar-refractivity contribution in [3.63, 3.8) is 0 Å². The van der Waals surface area contributed by atoms with Gasteiger partial charge in [0.05, 0.1) is 23.8 Å². The van der Waals surface area contributed by atoms with Gasteiger partial charge < -0.3 is 23.3 Å². The van der Waals surface area contributed by atoms with Gasteiger partial charge in [-0.05, 0) is 25.0 Å². The minimum atomic E-state index is -4.70. The molecule has 17 heteroatoms. The quantitative estimate of drug-likeness (QED) is 0.0809. The van der Waals surface area contributed by atoms with E-state index >= 15 is 4.39 Å². The van der Waals surface area contributed by atoms with Gasteiger partial charge in [-0.15, -0.1) is 0 Å². The summed E-state index contributed by atoms with van der Waals surface area (Å²) < 4.78 is 75.4. The Balaban J connectivity index is 1.38. The number of fused-ring (bicyclic) bond motifs is 1. The summed E-state index contributed by atoms with van der Waals surface area (Å²) in [6.07, 6.45) is 2.26. The lowest BCUT2D eigenvalue weighted by molar-refractivity contribution is -0.140. The molecule has 0 radical (unpaired) electrons. The maximum absolute atomic E-state index is 15.3. The molecule has 0 unspecified atom stereocenters. The van der Waals surface area contributed by atoms with Crippen LogP contribution in [-0.4, -0.2) is 60.8 Å². The van der Waals surface area contributed by atoms with E-state index in [2.05, 4.69) is 45.6 Å². The average molecular weight is 696 g/mol. The van der Waals surface area contributed by atoms with Crippen LogP contribution in [-0.2, 0) is 31.3 Å². The number of alkyl halides is 3. The number of hydrogen-bond donors (Lipinski definition) is 0. The molecule has 0 saturated heterocycles. The number of aromatic nitrogens is 8. The highest BCUT2D eigenvalue weighted by atomic mass is 28.3. The number of halogens is 4. The molecule has 1 saturated carbocycles. The van der Waals surface area contributed by atoms with Crippen LogP contribution in [0.5, 0.6) is 11.8 Å². The summed E-state index contributed by atoms with van der Waals surface area (Å²) in [5.41, 5.74) is 0.574. The first-order valence-electron chi connectivity index (χ1n) is 15.4. The number of nitriles is 1. The highest BCUT2D eigenvalue weighted by Gasteiger charge is 2.35. The summed E-state index contributed by atoms with van der Waals surface area (Å²) >= 11 is 0. The second-order valence-electron chi connectivity index (χ2n) is 13.0. The van der Waals surface area contributed by atoms with Crippen molar-refractivity contribution in [2.24, 2.45) is 7.05 Å². The first-order chi connectivity index (χ1) is 23.3. The average Bonchev–Trinajstić information content (AvgIpc) is 3.73. The lowest BCUT2D eigenvalue weighted by atomic mass is 10.1. The van der Waals surface area contributed by atoms with Crippen LogP contribution in [0.4, 0.5) is 17.6 Å². The first-order valence-corrected chi connectivity index (χ1v) is 19.1. The number of pyridine rings is 1. The zero-order valence-electron chi connectivity index (χ0n) is 27.5. The number of nitrogens with zero attached hydrogens (tertiary/aromatic N) is 9. The number of aryl methyl sites for hydroxylation is 1. The van der Waals surface area contributed by atoms with E-state index in [9.17, 15) is 18.4 Å². The van der Waals surface area contributed by atoms with Crippen LogP contribution in [0.25, 0.3) is 33.9 Å². The van der Waals surface area contributed by atoms with Gasteiger partial charge in [0.1, 0.15) is 37.0 Å². The third-order valence-electron chi connectivity index (χ3n) is 7.91. The van der Waals surface area contributed by atoms with Gasteiger partial charge in [0.15, 0.2) is 28.8 Å². The normalized spacial score (nSPS) is 13.6. The Kier molecular flexibility index (Phi) is 9.11. The molecule has 1 aliphatic rings. The molecule has 0 bridgehead atoms. The Hall–Kier alpha value is -4.95. The highest BCUT2D eigenvalue weighted by Crippen LogP contribution is 2.45. The minimum Gasteiger partial charge on any atom is -0.480 e. The number of rotatable bonds is 12. The predicted octanol–water partition coefficient (Wildman–Crippen LogP) is 6.49. The van der Waals surface area contributed by atoms with E-state index in [-0.39, 0.29) is 59.5 Å². The fourth-order valence-corrected chi connectivity index (χ4v) is 5.96. The van der Waals surface area contributed by atoms with Gasteiger partial charge in [0, 0.05) is 51.8 Å². The number of hydrogen-bond acceptors (Lipinski definition) is 10. The topological polar surface area (TPSA) is 139 Å². The number of imidazole rings is 1. The molecule has 0 atom stereocenters. The van der Waals surface area contributed by atoms with Gasteiger partial charge >= 0.3 is 6.18 Å². The molecule has 5 aromatic rings. The molecule has 1 aliphatic carbocycles. The molecule has 1 fully saturated rings. The maximum Gasteiger partial charge on any atom is 0.434 e. The van der Waals surface area contributed by atoms with Crippen molar-refractivity contribution in [2.45, 2.75) is 64.0 Å². The van der Waals surface area contributed by atoms with E-state index in [1.54, 1.807) is 10.8 Å². The first kappa shape index (κ1) is 33.9. The van der Waals surface area contributed by atoms with E-state index in [4.69, 9.17) is 24.2 Å². The third-order valence-corrected chi connectivity index (χ3v) is 9.61. The van der Waals surface area contributed by atoms with Crippen molar-refractivity contribution in [3.8, 4) is 40.7 Å². The Bertz CT molecular complexity index is 2060. The molecule has 5 heterocycles. The van der Waals surface area contributed by atoms with Crippen molar-refractivity contribution in [1.29, 1.82) is 5.26 Å². The summed E-state index contributed by atoms with van der Waals surface area (Å²) in [4.78, 5) is 26.0. The van der Waals surface area contributed by atoms with E-state index in [0.717, 1.165) is 41.4 Å². The second-order valence-corrected chi connectivity index (χ2v) is 18.6. The van der Waals surface area contributed by atoms with E-state index in [0.29, 0.717) is 23.2 Å². The van der Waals surface area contributed by atoms with Crippen molar-refractivity contribution in [1.82, 2.24) is 39.0 Å². The highest BCUT2D eigenvalue weighted by molar-refractivity contribution is 6.76. The number of ether oxygens (including phenoxy) is 3. The van der Waals surface area contributed by atoms with E-state index in [1.807, 2.05) is 0 Å². The number of methoxy groups -OCH3 is 1. The molecular weight excluding hydrogens is 662 g/mol. The fraction of sp³-hybridized carbons (Fsp3) is 0.406. The van der Waals surface area contributed by atoms with Crippen LogP contribution >= 0.6 is 0 Å². The summed E-state index contributed by atoms with van der Waals surface area (Å²) in [5, 5.41) is 10.4. The zero-order valence-corrected chi connectivity index (χ0v) is 28.5. The molecule has 0 N–H and O–H groups in total. The van der Waals surface area contributed by atoms with Gasteiger partial charge in [0.25, 0.3) is 0 Å². The summed E-state index contributed by atoms with van der Waals surface area (Å²) in [5.74, 6) is -0.470. The van der Waals surface area contributed by atoms with Crippen LogP contribution in [0.3, 0.4) is 0 Å². The van der Waals surface area contributed by atoms with Gasteiger partial charge in [-0.3, -0.25) is 0 Å². The third kappa shape index (κ3) is 7.25. The van der Waals surface area contributed by atoms with E-state index in [1.165, 1.54) is 26.7 Å². The second kappa shape index (κ2) is 13.2. The Labute approximate surface area is 279 Å². The zero-order chi connectivity index (χ0) is 35.1. The standard InChI is InChI=1S/C32H33F4N9O3Si/c1-44-14-22(32(34,35)36)41-29(44)26-21(33)10-18(12-38-26)15-48-31-23-20(11-37)13-45(17-47-8-9-49(3,4)5)28(23)42-27(43-31)24-25(19-6-7-19)39-16-40-30(24)46-2/h10,12-14,16,19H,6-9,15,17H2,1-5H3. The van der Waals surface area contributed by atoms with Crippen molar-refractivity contribution in [2.75, 3.05) is 13.7 Å². The molecule has 12 nitrogen and oxygen atoms in total. The SMILES string of the molecule is COc1ncnc(C2CC2)c1-c1nc(OCc2cnc(-c3nc(C(F)(F)F)cn3C)c(F)c2)c2c(C#N)cn(COCC[Si](C)(C)C)c2n1. The largest absolute Gasteiger partial charge is 0.480 e. The van der Waals surface area contributed by atoms with Crippen LogP contribution in [0.15, 0.2) is 31.0 Å². The van der Waals surface area contributed by atoms with Crippen molar-refractivity contribution < 1.29 is 31.8 Å². The summed E-state index contributed by atoms with van der Waals surface area (Å²) in [7, 11) is 1.46. The van der Waals surface area contributed by atoms with Crippen LogP contribution < -0.4 is 9.47 Å². The molecular formula is C32H33F4N9O3Si. The molecule has 6 rings (SSSR count). The lowest BCUT2D eigenvalue weighted by Crippen LogP contribution is -2.22. The fourth-order valence-electron chi connectivity index (χ4n) is 5.20. The minimum absolute atomic E-state index is 0.0356.